The van der Waals surface area contributed by atoms with Crippen molar-refractivity contribution in [2.24, 2.45) is 12.2 Å². The van der Waals surface area contributed by atoms with Crippen molar-refractivity contribution in [1.82, 2.24) is 9.78 Å². The van der Waals surface area contributed by atoms with E-state index in [-0.39, 0.29) is 16.3 Å². The molecule has 0 bridgehead atoms. The maximum atomic E-state index is 13.0. The number of hydrogen-bond donors (Lipinski definition) is 2. The summed E-state index contributed by atoms with van der Waals surface area (Å²) in [5.74, 6) is -1.26. The lowest BCUT2D eigenvalue weighted by Crippen LogP contribution is -2.18. The summed E-state index contributed by atoms with van der Waals surface area (Å²) in [5, 5.41) is 11.2. The molecule has 0 fully saturated rings. The number of amides is 1. The van der Waals surface area contributed by atoms with Crippen LogP contribution < -0.4 is 10.5 Å². The van der Waals surface area contributed by atoms with E-state index in [4.69, 9.17) is 5.14 Å². The van der Waals surface area contributed by atoms with Gasteiger partial charge in [0.1, 0.15) is 10.7 Å². The Morgan fingerprint density at radius 1 is 1.48 bits per heavy atom. The number of halogens is 2. The van der Waals surface area contributed by atoms with E-state index in [1.165, 1.54) is 30.1 Å². The molecule has 0 radical (unpaired) electrons. The SMILES string of the molecule is Cn1cc(S(N)(=O)=O)c(NC(=O)c2ccc(F)cc2I)n1. The molecule has 0 aliphatic heterocycles. The molecule has 112 valence electrons. The third-order valence-electron chi connectivity index (χ3n) is 2.51. The molecular weight excluding hydrogens is 414 g/mol. The molecule has 1 heterocycles. The number of anilines is 1. The summed E-state index contributed by atoms with van der Waals surface area (Å²) in [5.41, 5.74) is 0.197. The Balaban J connectivity index is 2.36. The topological polar surface area (TPSA) is 107 Å². The number of aromatic nitrogens is 2. The number of carbonyl (C=O) groups is 1. The van der Waals surface area contributed by atoms with Gasteiger partial charge in [-0.2, -0.15) is 5.10 Å². The van der Waals surface area contributed by atoms with E-state index < -0.39 is 21.7 Å². The fraction of sp³-hybridized carbons (Fsp3) is 0.0909. The number of primary sulfonamides is 1. The molecule has 2 aromatic rings. The molecule has 0 aliphatic rings. The summed E-state index contributed by atoms with van der Waals surface area (Å²) in [6.07, 6.45) is 1.18. The Hall–Kier alpha value is -1.53. The predicted octanol–water partition coefficient (Wildman–Crippen LogP) is 1.06. The highest BCUT2D eigenvalue weighted by Crippen LogP contribution is 2.20. The van der Waals surface area contributed by atoms with E-state index in [1.807, 2.05) is 0 Å². The zero-order chi connectivity index (χ0) is 15.8. The van der Waals surface area contributed by atoms with E-state index in [0.717, 1.165) is 6.07 Å². The maximum absolute atomic E-state index is 13.0. The van der Waals surface area contributed by atoms with Crippen LogP contribution in [0.15, 0.2) is 29.3 Å². The van der Waals surface area contributed by atoms with Gasteiger partial charge < -0.3 is 5.32 Å². The standard InChI is InChI=1S/C11H10FIN4O3S/c1-17-5-9(21(14,19)20)10(16-17)15-11(18)7-3-2-6(12)4-8(7)13/h2-5H,1H3,(H2,14,19,20)(H,15,16,18). The van der Waals surface area contributed by atoms with Crippen LogP contribution in [0.2, 0.25) is 0 Å². The van der Waals surface area contributed by atoms with Crippen molar-refractivity contribution < 1.29 is 17.6 Å². The van der Waals surface area contributed by atoms with Crippen LogP contribution >= 0.6 is 22.6 Å². The lowest BCUT2D eigenvalue weighted by atomic mass is 10.2. The maximum Gasteiger partial charge on any atom is 0.257 e. The molecule has 10 heteroatoms. The molecule has 0 saturated carbocycles. The summed E-state index contributed by atoms with van der Waals surface area (Å²) < 4.78 is 37.5. The van der Waals surface area contributed by atoms with Crippen molar-refractivity contribution in [2.45, 2.75) is 4.90 Å². The number of carbonyl (C=O) groups excluding carboxylic acids is 1. The number of nitrogens with two attached hydrogens (primary N) is 1. The summed E-state index contributed by atoms with van der Waals surface area (Å²) in [7, 11) is -2.53. The van der Waals surface area contributed by atoms with Crippen LogP contribution in [-0.2, 0) is 17.1 Å². The highest BCUT2D eigenvalue weighted by molar-refractivity contribution is 14.1. The Bertz CT molecular complexity index is 819. The molecule has 0 aliphatic carbocycles. The summed E-state index contributed by atoms with van der Waals surface area (Å²) in [6, 6.07) is 3.62. The van der Waals surface area contributed by atoms with Gasteiger partial charge in [-0.25, -0.2) is 17.9 Å². The molecule has 0 spiro atoms. The molecule has 1 amide bonds. The third-order valence-corrected chi connectivity index (χ3v) is 4.31. The van der Waals surface area contributed by atoms with Crippen LogP contribution in [-0.4, -0.2) is 24.1 Å². The van der Waals surface area contributed by atoms with Crippen molar-refractivity contribution in [3.63, 3.8) is 0 Å². The number of sulfonamides is 1. The Kier molecular flexibility index (Phi) is 4.30. The first-order chi connectivity index (χ1) is 9.68. The van der Waals surface area contributed by atoms with Crippen molar-refractivity contribution in [1.29, 1.82) is 0 Å². The third kappa shape index (κ3) is 3.57. The van der Waals surface area contributed by atoms with Gasteiger partial charge in [0, 0.05) is 16.8 Å². The van der Waals surface area contributed by atoms with Crippen LogP contribution in [0.3, 0.4) is 0 Å². The fourth-order valence-corrected chi connectivity index (χ4v) is 2.99. The van der Waals surface area contributed by atoms with Gasteiger partial charge in [-0.15, -0.1) is 0 Å². The van der Waals surface area contributed by atoms with Gasteiger partial charge in [-0.05, 0) is 40.8 Å². The smallest absolute Gasteiger partial charge is 0.257 e. The minimum Gasteiger partial charge on any atom is -0.304 e. The average molecular weight is 424 g/mol. The molecule has 0 saturated heterocycles. The molecule has 0 atom stereocenters. The summed E-state index contributed by atoms with van der Waals surface area (Å²) in [6.45, 7) is 0. The summed E-state index contributed by atoms with van der Waals surface area (Å²) in [4.78, 5) is 11.8. The second-order valence-electron chi connectivity index (χ2n) is 4.14. The Morgan fingerprint density at radius 2 is 2.14 bits per heavy atom. The number of hydrogen-bond acceptors (Lipinski definition) is 4. The van der Waals surface area contributed by atoms with E-state index in [1.54, 1.807) is 22.6 Å². The van der Waals surface area contributed by atoms with Gasteiger partial charge in [-0.1, -0.05) is 0 Å². The molecule has 1 aromatic carbocycles. The molecule has 0 unspecified atom stereocenters. The van der Waals surface area contributed by atoms with Gasteiger partial charge in [0.15, 0.2) is 5.82 Å². The highest BCUT2D eigenvalue weighted by atomic mass is 127. The molecule has 3 N–H and O–H groups in total. The van der Waals surface area contributed by atoms with Gasteiger partial charge >= 0.3 is 0 Å². The predicted molar refractivity (Wildman–Crippen MR) is 81.7 cm³/mol. The Morgan fingerprint density at radius 3 is 2.71 bits per heavy atom. The van der Waals surface area contributed by atoms with Crippen LogP contribution in [0.25, 0.3) is 0 Å². The lowest BCUT2D eigenvalue weighted by Gasteiger charge is -2.06. The van der Waals surface area contributed by atoms with Gasteiger partial charge in [-0.3, -0.25) is 9.48 Å². The van der Waals surface area contributed by atoms with Crippen LogP contribution in [0.5, 0.6) is 0 Å². The van der Waals surface area contributed by atoms with Crippen molar-refractivity contribution in [2.75, 3.05) is 5.32 Å². The number of benzene rings is 1. The van der Waals surface area contributed by atoms with Crippen molar-refractivity contribution >= 4 is 44.3 Å². The molecular formula is C11H10FIN4O3S. The van der Waals surface area contributed by atoms with Gasteiger partial charge in [0.25, 0.3) is 5.91 Å². The van der Waals surface area contributed by atoms with Crippen LogP contribution in [0.4, 0.5) is 10.2 Å². The monoisotopic (exact) mass is 424 g/mol. The second kappa shape index (κ2) is 5.69. The highest BCUT2D eigenvalue weighted by Gasteiger charge is 2.21. The fourth-order valence-electron chi connectivity index (χ4n) is 1.61. The average Bonchev–Trinajstić information content (AvgIpc) is 2.69. The molecule has 7 nitrogen and oxygen atoms in total. The van der Waals surface area contributed by atoms with Gasteiger partial charge in [0.2, 0.25) is 10.0 Å². The Labute approximate surface area is 133 Å². The summed E-state index contributed by atoms with van der Waals surface area (Å²) >= 11 is 1.80. The number of rotatable bonds is 3. The largest absolute Gasteiger partial charge is 0.304 e. The van der Waals surface area contributed by atoms with E-state index in [9.17, 15) is 17.6 Å². The normalized spacial score (nSPS) is 11.4. The van der Waals surface area contributed by atoms with E-state index in [0.29, 0.717) is 3.57 Å². The zero-order valence-electron chi connectivity index (χ0n) is 10.7. The van der Waals surface area contributed by atoms with E-state index >= 15 is 0 Å². The van der Waals surface area contributed by atoms with Crippen molar-refractivity contribution in [3.05, 3.63) is 39.3 Å². The lowest BCUT2D eigenvalue weighted by molar-refractivity contribution is 0.102. The minimum atomic E-state index is -4.02. The molecule has 21 heavy (non-hydrogen) atoms. The minimum absolute atomic E-state index is 0.176. The first kappa shape index (κ1) is 15.9. The van der Waals surface area contributed by atoms with Gasteiger partial charge in [0.05, 0.1) is 5.56 Å². The number of nitrogens with zero attached hydrogens (tertiary/aromatic N) is 2. The van der Waals surface area contributed by atoms with E-state index in [2.05, 4.69) is 10.4 Å². The second-order valence-corrected chi connectivity index (χ2v) is 6.83. The first-order valence-corrected chi connectivity index (χ1v) is 8.14. The number of aryl methyl sites for hydroxylation is 1. The first-order valence-electron chi connectivity index (χ1n) is 5.51. The quantitative estimate of drug-likeness (QED) is 0.719. The van der Waals surface area contributed by atoms with Crippen LogP contribution in [0.1, 0.15) is 10.4 Å². The number of nitrogens with one attached hydrogen (secondary N) is 1. The van der Waals surface area contributed by atoms with Crippen molar-refractivity contribution in [3.8, 4) is 0 Å². The molecule has 2 rings (SSSR count). The zero-order valence-corrected chi connectivity index (χ0v) is 13.6. The molecule has 1 aromatic heterocycles. The van der Waals surface area contributed by atoms with Crippen LogP contribution in [0, 0.1) is 9.39 Å².